The van der Waals surface area contributed by atoms with Gasteiger partial charge in [0.1, 0.15) is 0 Å². The smallest absolute Gasteiger partial charge is 0.243 e. The van der Waals surface area contributed by atoms with E-state index in [1.54, 1.807) is 11.3 Å². The van der Waals surface area contributed by atoms with E-state index in [-0.39, 0.29) is 6.04 Å². The molecule has 0 aliphatic rings. The molecule has 16 heavy (non-hydrogen) atoms. The quantitative estimate of drug-likeness (QED) is 0.887. The van der Waals surface area contributed by atoms with Crippen molar-refractivity contribution in [1.29, 1.82) is 0 Å². The molecule has 5 heteroatoms. The Balaban J connectivity index is 2.12. The monoisotopic (exact) mass is 234 g/mol. The largest absolute Gasteiger partial charge is 0.346 e. The van der Waals surface area contributed by atoms with Gasteiger partial charge < -0.3 is 5.32 Å². The van der Waals surface area contributed by atoms with E-state index in [2.05, 4.69) is 44.2 Å². The SMILES string of the molecule is Cc1nnc(NC(C)c2ccsc2)nc1C. The summed E-state index contributed by atoms with van der Waals surface area (Å²) in [4.78, 5) is 4.34. The molecule has 2 rings (SSSR count). The Labute approximate surface area is 98.8 Å². The van der Waals surface area contributed by atoms with E-state index in [0.29, 0.717) is 5.95 Å². The van der Waals surface area contributed by atoms with Crippen molar-refractivity contribution in [3.63, 3.8) is 0 Å². The number of nitrogens with one attached hydrogen (secondary N) is 1. The van der Waals surface area contributed by atoms with Crippen LogP contribution in [0.5, 0.6) is 0 Å². The van der Waals surface area contributed by atoms with Crippen molar-refractivity contribution in [2.75, 3.05) is 5.32 Å². The van der Waals surface area contributed by atoms with Gasteiger partial charge in [0.25, 0.3) is 0 Å². The zero-order valence-corrected chi connectivity index (χ0v) is 10.4. The molecule has 0 bridgehead atoms. The molecular weight excluding hydrogens is 220 g/mol. The third kappa shape index (κ3) is 2.36. The van der Waals surface area contributed by atoms with Gasteiger partial charge in [-0.25, -0.2) is 4.98 Å². The maximum Gasteiger partial charge on any atom is 0.243 e. The first-order valence-corrected chi connectivity index (χ1v) is 6.07. The highest BCUT2D eigenvalue weighted by Crippen LogP contribution is 2.19. The number of rotatable bonds is 3. The summed E-state index contributed by atoms with van der Waals surface area (Å²) in [5.74, 6) is 0.585. The van der Waals surface area contributed by atoms with E-state index in [9.17, 15) is 0 Å². The average molecular weight is 234 g/mol. The van der Waals surface area contributed by atoms with Gasteiger partial charge in [0.15, 0.2) is 0 Å². The van der Waals surface area contributed by atoms with E-state index in [4.69, 9.17) is 0 Å². The van der Waals surface area contributed by atoms with Gasteiger partial charge in [-0.15, -0.1) is 5.10 Å². The first kappa shape index (κ1) is 11.0. The number of hydrogen-bond acceptors (Lipinski definition) is 5. The molecule has 0 fully saturated rings. The van der Waals surface area contributed by atoms with Gasteiger partial charge >= 0.3 is 0 Å². The summed E-state index contributed by atoms with van der Waals surface area (Å²) in [5.41, 5.74) is 3.02. The third-order valence-corrected chi connectivity index (χ3v) is 3.18. The van der Waals surface area contributed by atoms with Crippen LogP contribution in [0, 0.1) is 13.8 Å². The third-order valence-electron chi connectivity index (χ3n) is 2.48. The molecule has 2 heterocycles. The van der Waals surface area contributed by atoms with Crippen LogP contribution >= 0.6 is 11.3 Å². The summed E-state index contributed by atoms with van der Waals surface area (Å²) in [6, 6.07) is 2.30. The topological polar surface area (TPSA) is 50.7 Å². The van der Waals surface area contributed by atoms with Crippen LogP contribution in [0.2, 0.25) is 0 Å². The van der Waals surface area contributed by atoms with Crippen molar-refractivity contribution in [3.05, 3.63) is 33.8 Å². The fourth-order valence-electron chi connectivity index (χ4n) is 1.32. The van der Waals surface area contributed by atoms with Crippen molar-refractivity contribution in [2.45, 2.75) is 26.8 Å². The van der Waals surface area contributed by atoms with Crippen molar-refractivity contribution in [1.82, 2.24) is 15.2 Å². The van der Waals surface area contributed by atoms with Gasteiger partial charge in [0, 0.05) is 0 Å². The zero-order chi connectivity index (χ0) is 11.5. The molecule has 0 amide bonds. The minimum Gasteiger partial charge on any atom is -0.346 e. The van der Waals surface area contributed by atoms with Crippen LogP contribution in [0.25, 0.3) is 0 Å². The lowest BCUT2D eigenvalue weighted by Gasteiger charge is -2.12. The Morgan fingerprint density at radius 3 is 2.69 bits per heavy atom. The first-order chi connectivity index (χ1) is 7.66. The summed E-state index contributed by atoms with van der Waals surface area (Å²) in [6.07, 6.45) is 0. The second-order valence-corrected chi connectivity index (χ2v) is 4.51. The van der Waals surface area contributed by atoms with Gasteiger partial charge in [-0.2, -0.15) is 16.4 Å². The summed E-state index contributed by atoms with van der Waals surface area (Å²) < 4.78 is 0. The Morgan fingerprint density at radius 2 is 2.06 bits per heavy atom. The number of nitrogens with zero attached hydrogens (tertiary/aromatic N) is 3. The second-order valence-electron chi connectivity index (χ2n) is 3.73. The molecule has 0 aliphatic carbocycles. The second kappa shape index (κ2) is 4.57. The summed E-state index contributed by atoms with van der Waals surface area (Å²) in [6.45, 7) is 5.92. The fraction of sp³-hybridized carbons (Fsp3) is 0.364. The molecule has 0 radical (unpaired) electrons. The van der Waals surface area contributed by atoms with E-state index in [0.717, 1.165) is 11.4 Å². The molecule has 0 aliphatic heterocycles. The van der Waals surface area contributed by atoms with Crippen LogP contribution in [0.3, 0.4) is 0 Å². The lowest BCUT2D eigenvalue weighted by atomic mass is 10.2. The van der Waals surface area contributed by atoms with Gasteiger partial charge in [-0.05, 0) is 43.2 Å². The number of hydrogen-bond donors (Lipinski definition) is 1. The molecule has 84 valence electrons. The van der Waals surface area contributed by atoms with Crippen LogP contribution in [-0.2, 0) is 0 Å². The van der Waals surface area contributed by atoms with Gasteiger partial charge in [0.2, 0.25) is 5.95 Å². The van der Waals surface area contributed by atoms with E-state index >= 15 is 0 Å². The highest BCUT2D eigenvalue weighted by molar-refractivity contribution is 7.07. The fourth-order valence-corrected chi connectivity index (χ4v) is 2.07. The Hall–Kier alpha value is -1.49. The highest BCUT2D eigenvalue weighted by Gasteiger charge is 2.08. The lowest BCUT2D eigenvalue weighted by molar-refractivity contribution is 0.823. The van der Waals surface area contributed by atoms with Gasteiger partial charge in [-0.3, -0.25) is 0 Å². The molecule has 0 spiro atoms. The average Bonchev–Trinajstić information content (AvgIpc) is 2.77. The Bertz CT molecular complexity index is 467. The number of thiophene rings is 1. The molecule has 1 N–H and O–H groups in total. The number of anilines is 1. The summed E-state index contributed by atoms with van der Waals surface area (Å²) in [5, 5.41) is 15.5. The van der Waals surface area contributed by atoms with Crippen molar-refractivity contribution >= 4 is 17.3 Å². The molecular formula is C11H14N4S. The van der Waals surface area contributed by atoms with Crippen molar-refractivity contribution in [3.8, 4) is 0 Å². The first-order valence-electron chi connectivity index (χ1n) is 5.13. The molecule has 2 aromatic rings. The Morgan fingerprint density at radius 1 is 1.25 bits per heavy atom. The van der Waals surface area contributed by atoms with Crippen LogP contribution in [0.15, 0.2) is 16.8 Å². The minimum absolute atomic E-state index is 0.204. The molecule has 0 aromatic carbocycles. The van der Waals surface area contributed by atoms with Crippen LogP contribution in [0.1, 0.15) is 29.9 Å². The number of aryl methyl sites for hydroxylation is 2. The normalized spacial score (nSPS) is 12.4. The minimum atomic E-state index is 0.204. The molecule has 1 unspecified atom stereocenters. The highest BCUT2D eigenvalue weighted by atomic mass is 32.1. The molecule has 1 atom stereocenters. The van der Waals surface area contributed by atoms with Crippen molar-refractivity contribution < 1.29 is 0 Å². The molecule has 2 aromatic heterocycles. The predicted molar refractivity (Wildman–Crippen MR) is 65.7 cm³/mol. The standard InChI is InChI=1S/C11H14N4S/c1-7-8(2)14-15-11(12-7)13-9(3)10-4-5-16-6-10/h4-6,9H,1-3H3,(H,12,13,15). The van der Waals surface area contributed by atoms with Crippen LogP contribution < -0.4 is 5.32 Å². The number of aromatic nitrogens is 3. The van der Waals surface area contributed by atoms with Gasteiger partial charge in [0.05, 0.1) is 17.4 Å². The van der Waals surface area contributed by atoms with E-state index < -0.39 is 0 Å². The van der Waals surface area contributed by atoms with E-state index in [1.165, 1.54) is 5.56 Å². The summed E-state index contributed by atoms with van der Waals surface area (Å²) >= 11 is 1.69. The van der Waals surface area contributed by atoms with Crippen LogP contribution in [-0.4, -0.2) is 15.2 Å². The molecule has 4 nitrogen and oxygen atoms in total. The summed E-state index contributed by atoms with van der Waals surface area (Å²) in [7, 11) is 0. The van der Waals surface area contributed by atoms with Gasteiger partial charge in [-0.1, -0.05) is 0 Å². The molecule has 0 saturated heterocycles. The van der Waals surface area contributed by atoms with Crippen LogP contribution in [0.4, 0.5) is 5.95 Å². The van der Waals surface area contributed by atoms with Crippen molar-refractivity contribution in [2.24, 2.45) is 0 Å². The van der Waals surface area contributed by atoms with E-state index in [1.807, 2.05) is 13.8 Å². The maximum absolute atomic E-state index is 4.34. The predicted octanol–water partition coefficient (Wildman–Crippen LogP) is 2.72. The zero-order valence-electron chi connectivity index (χ0n) is 9.56. The molecule has 0 saturated carbocycles. The maximum atomic E-state index is 4.34. The Kier molecular flexibility index (Phi) is 3.14. The lowest BCUT2D eigenvalue weighted by Crippen LogP contribution is -2.10.